The van der Waals surface area contributed by atoms with Crippen molar-refractivity contribution in [2.45, 2.75) is 57.4 Å². The Morgan fingerprint density at radius 2 is 1.48 bits per heavy atom. The van der Waals surface area contributed by atoms with E-state index in [1.54, 1.807) is 14.2 Å². The van der Waals surface area contributed by atoms with Gasteiger partial charge in [0.2, 0.25) is 0 Å². The molecule has 0 unspecified atom stereocenters. The first-order valence-electron chi connectivity index (χ1n) is 8.23. The van der Waals surface area contributed by atoms with Crippen LogP contribution >= 0.6 is 0 Å². The van der Waals surface area contributed by atoms with Gasteiger partial charge in [-0.15, -0.1) is 0 Å². The fourth-order valence-electron chi connectivity index (χ4n) is 4.13. The van der Waals surface area contributed by atoms with Crippen LogP contribution in [0.1, 0.15) is 51.4 Å². The smallest absolute Gasteiger partial charge is 0.124 e. The lowest BCUT2D eigenvalue weighted by Gasteiger charge is -2.38. The maximum absolute atomic E-state index is 5.34. The summed E-state index contributed by atoms with van der Waals surface area (Å²) in [5, 5.41) is 3.68. The zero-order valence-corrected chi connectivity index (χ0v) is 13.3. The number of hydrogen-bond donors (Lipinski definition) is 1. The molecular weight excluding hydrogens is 262 g/mol. The van der Waals surface area contributed by atoms with Gasteiger partial charge in [0.1, 0.15) is 11.5 Å². The van der Waals surface area contributed by atoms with Gasteiger partial charge in [0.25, 0.3) is 0 Å². The van der Waals surface area contributed by atoms with Gasteiger partial charge in [-0.1, -0.05) is 12.8 Å². The van der Waals surface area contributed by atoms with Crippen molar-refractivity contribution in [3.05, 3.63) is 18.2 Å². The highest BCUT2D eigenvalue weighted by molar-refractivity contribution is 5.54. The fourth-order valence-corrected chi connectivity index (χ4v) is 4.13. The number of anilines is 1. The Labute approximate surface area is 128 Å². The van der Waals surface area contributed by atoms with Crippen LogP contribution in [0.5, 0.6) is 11.5 Å². The zero-order chi connectivity index (χ0) is 14.7. The van der Waals surface area contributed by atoms with E-state index in [4.69, 9.17) is 9.47 Å². The Morgan fingerprint density at radius 3 is 2.00 bits per heavy atom. The van der Waals surface area contributed by atoms with Crippen LogP contribution in [0.25, 0.3) is 0 Å². The number of methoxy groups -OCH3 is 2. The standard InChI is InChI=1S/C18H27NO2/c1-20-16-11-15(12-17(13-16)21-2)19-14-5-9-18(10-6-14)7-3-4-8-18/h11-14,19H,3-10H2,1-2H3. The first kappa shape index (κ1) is 14.6. The normalized spacial score (nSPS) is 21.4. The van der Waals surface area contributed by atoms with Crippen LogP contribution in [0, 0.1) is 5.41 Å². The Hall–Kier alpha value is -1.38. The van der Waals surface area contributed by atoms with E-state index in [9.17, 15) is 0 Å². The molecule has 1 N–H and O–H groups in total. The molecular formula is C18H27NO2. The van der Waals surface area contributed by atoms with E-state index in [1.165, 1.54) is 51.4 Å². The minimum atomic E-state index is 0.591. The molecule has 2 aliphatic rings. The summed E-state index contributed by atoms with van der Waals surface area (Å²) in [6, 6.07) is 6.62. The second-order valence-electron chi connectivity index (χ2n) is 6.73. The summed E-state index contributed by atoms with van der Waals surface area (Å²) in [6.45, 7) is 0. The van der Waals surface area contributed by atoms with Crippen molar-refractivity contribution < 1.29 is 9.47 Å². The van der Waals surface area contributed by atoms with Crippen LogP contribution in [0.15, 0.2) is 18.2 Å². The Bertz CT molecular complexity index is 448. The van der Waals surface area contributed by atoms with Crippen molar-refractivity contribution in [2.75, 3.05) is 19.5 Å². The fraction of sp³-hybridized carbons (Fsp3) is 0.667. The first-order valence-corrected chi connectivity index (χ1v) is 8.23. The van der Waals surface area contributed by atoms with E-state index >= 15 is 0 Å². The van der Waals surface area contributed by atoms with E-state index in [2.05, 4.69) is 17.4 Å². The van der Waals surface area contributed by atoms with Crippen LogP contribution in [-0.2, 0) is 0 Å². The SMILES string of the molecule is COc1cc(NC2CCC3(CCCC3)CC2)cc(OC)c1. The number of hydrogen-bond acceptors (Lipinski definition) is 3. The number of rotatable bonds is 4. The lowest BCUT2D eigenvalue weighted by atomic mass is 9.71. The lowest BCUT2D eigenvalue weighted by molar-refractivity contribution is 0.188. The highest BCUT2D eigenvalue weighted by atomic mass is 16.5. The van der Waals surface area contributed by atoms with Crippen molar-refractivity contribution in [1.29, 1.82) is 0 Å². The molecule has 21 heavy (non-hydrogen) atoms. The van der Waals surface area contributed by atoms with E-state index in [0.717, 1.165) is 17.2 Å². The molecule has 3 heteroatoms. The minimum absolute atomic E-state index is 0.591. The molecule has 0 radical (unpaired) electrons. The first-order chi connectivity index (χ1) is 10.2. The molecule has 2 aliphatic carbocycles. The summed E-state index contributed by atoms with van der Waals surface area (Å²) in [4.78, 5) is 0. The summed E-state index contributed by atoms with van der Waals surface area (Å²) < 4.78 is 10.7. The van der Waals surface area contributed by atoms with Gasteiger partial charge in [0, 0.05) is 29.9 Å². The van der Waals surface area contributed by atoms with E-state index < -0.39 is 0 Å². The Balaban J connectivity index is 1.62. The van der Waals surface area contributed by atoms with Crippen molar-refractivity contribution in [1.82, 2.24) is 0 Å². The summed E-state index contributed by atoms with van der Waals surface area (Å²) in [5.41, 5.74) is 1.81. The van der Waals surface area contributed by atoms with Crippen molar-refractivity contribution in [3.63, 3.8) is 0 Å². The molecule has 0 heterocycles. The third-order valence-corrected chi connectivity index (χ3v) is 5.43. The van der Waals surface area contributed by atoms with E-state index in [-0.39, 0.29) is 0 Å². The monoisotopic (exact) mass is 289 g/mol. The predicted molar refractivity (Wildman–Crippen MR) is 86.3 cm³/mol. The second kappa shape index (κ2) is 6.17. The molecule has 0 atom stereocenters. The van der Waals surface area contributed by atoms with Gasteiger partial charge in [-0.3, -0.25) is 0 Å². The van der Waals surface area contributed by atoms with Gasteiger partial charge >= 0.3 is 0 Å². The lowest BCUT2D eigenvalue weighted by Crippen LogP contribution is -2.31. The number of nitrogens with one attached hydrogen (secondary N) is 1. The van der Waals surface area contributed by atoms with Gasteiger partial charge in [-0.2, -0.15) is 0 Å². The largest absolute Gasteiger partial charge is 0.497 e. The van der Waals surface area contributed by atoms with Gasteiger partial charge in [-0.05, 0) is 43.9 Å². The molecule has 0 aromatic heterocycles. The summed E-state index contributed by atoms with van der Waals surface area (Å²) >= 11 is 0. The van der Waals surface area contributed by atoms with Gasteiger partial charge in [-0.25, -0.2) is 0 Å². The van der Waals surface area contributed by atoms with Gasteiger partial charge in [0.05, 0.1) is 14.2 Å². The van der Waals surface area contributed by atoms with Crippen LogP contribution in [0.2, 0.25) is 0 Å². The van der Waals surface area contributed by atoms with Crippen LogP contribution in [-0.4, -0.2) is 20.3 Å². The maximum atomic E-state index is 5.34. The third-order valence-electron chi connectivity index (χ3n) is 5.43. The number of ether oxygens (including phenoxy) is 2. The molecule has 3 nitrogen and oxygen atoms in total. The predicted octanol–water partition coefficient (Wildman–Crippen LogP) is 4.62. The minimum Gasteiger partial charge on any atom is -0.497 e. The molecule has 116 valence electrons. The summed E-state index contributed by atoms with van der Waals surface area (Å²) in [7, 11) is 3.39. The van der Waals surface area contributed by atoms with Crippen molar-refractivity contribution >= 4 is 5.69 Å². The van der Waals surface area contributed by atoms with E-state index in [0.29, 0.717) is 11.5 Å². The molecule has 1 aromatic rings. The highest BCUT2D eigenvalue weighted by Crippen LogP contribution is 2.49. The zero-order valence-electron chi connectivity index (χ0n) is 13.3. The topological polar surface area (TPSA) is 30.5 Å². The quantitative estimate of drug-likeness (QED) is 0.877. The van der Waals surface area contributed by atoms with Gasteiger partial charge < -0.3 is 14.8 Å². The molecule has 2 saturated carbocycles. The molecule has 0 saturated heterocycles. The Morgan fingerprint density at radius 1 is 0.905 bits per heavy atom. The average Bonchev–Trinajstić information content (AvgIpc) is 2.98. The van der Waals surface area contributed by atoms with Crippen LogP contribution in [0.4, 0.5) is 5.69 Å². The van der Waals surface area contributed by atoms with E-state index in [1.807, 2.05) is 6.07 Å². The maximum Gasteiger partial charge on any atom is 0.124 e. The number of benzene rings is 1. The molecule has 0 bridgehead atoms. The summed E-state index contributed by atoms with van der Waals surface area (Å²) in [6.07, 6.45) is 11.2. The Kier molecular flexibility index (Phi) is 4.27. The third kappa shape index (κ3) is 3.28. The molecule has 0 aliphatic heterocycles. The van der Waals surface area contributed by atoms with Crippen molar-refractivity contribution in [2.24, 2.45) is 5.41 Å². The highest BCUT2D eigenvalue weighted by Gasteiger charge is 2.37. The average molecular weight is 289 g/mol. The second-order valence-corrected chi connectivity index (χ2v) is 6.73. The summed E-state index contributed by atoms with van der Waals surface area (Å²) in [5.74, 6) is 1.69. The molecule has 3 rings (SSSR count). The van der Waals surface area contributed by atoms with Crippen LogP contribution < -0.4 is 14.8 Å². The van der Waals surface area contributed by atoms with Crippen molar-refractivity contribution in [3.8, 4) is 11.5 Å². The molecule has 0 amide bonds. The van der Waals surface area contributed by atoms with Gasteiger partial charge in [0.15, 0.2) is 0 Å². The molecule has 2 fully saturated rings. The molecule has 1 spiro atoms. The van der Waals surface area contributed by atoms with Crippen LogP contribution in [0.3, 0.4) is 0 Å². The molecule has 1 aromatic carbocycles.